The van der Waals surface area contributed by atoms with Crippen molar-refractivity contribution < 1.29 is 19.6 Å². The number of hydrogen-bond donors (Lipinski definition) is 2. The second kappa shape index (κ2) is 7.43. The van der Waals surface area contributed by atoms with Crippen molar-refractivity contribution in [1.29, 1.82) is 0 Å². The van der Waals surface area contributed by atoms with Gasteiger partial charge in [0.1, 0.15) is 17.9 Å². The average Bonchev–Trinajstić information content (AvgIpc) is 2.82. The molecule has 2 aromatic rings. The van der Waals surface area contributed by atoms with E-state index < -0.39 is 10.8 Å². The van der Waals surface area contributed by atoms with Crippen LogP contribution in [0.4, 0.5) is 5.69 Å². The minimum absolute atomic E-state index is 0.00481. The molecule has 10 heteroatoms. The van der Waals surface area contributed by atoms with Crippen molar-refractivity contribution in [2.45, 2.75) is 20.4 Å². The number of ether oxygens (including phenoxy) is 1. The maximum absolute atomic E-state index is 11.9. The van der Waals surface area contributed by atoms with E-state index in [0.29, 0.717) is 11.3 Å². The fourth-order valence-corrected chi connectivity index (χ4v) is 2.23. The number of nitrogens with zero attached hydrogens (tertiary/aromatic N) is 4. The van der Waals surface area contributed by atoms with E-state index >= 15 is 0 Å². The Morgan fingerprint density at radius 2 is 2.24 bits per heavy atom. The van der Waals surface area contributed by atoms with Gasteiger partial charge >= 0.3 is 5.69 Å². The normalized spacial score (nSPS) is 10.8. The van der Waals surface area contributed by atoms with E-state index in [0.717, 1.165) is 0 Å². The van der Waals surface area contributed by atoms with E-state index in [9.17, 15) is 20.0 Å². The largest absolute Gasteiger partial charge is 0.504 e. The van der Waals surface area contributed by atoms with Crippen LogP contribution >= 0.6 is 0 Å². The Bertz CT molecular complexity index is 843. The number of nitro groups is 1. The minimum atomic E-state index is -0.525. The molecule has 0 atom stereocenters. The highest BCUT2D eigenvalue weighted by atomic mass is 16.6. The maximum atomic E-state index is 11.9. The van der Waals surface area contributed by atoms with Crippen molar-refractivity contribution in [3.8, 4) is 11.5 Å². The van der Waals surface area contributed by atoms with Gasteiger partial charge in [-0.3, -0.25) is 19.6 Å². The second-order valence-electron chi connectivity index (χ2n) is 5.16. The monoisotopic (exact) mass is 347 g/mol. The second-order valence-corrected chi connectivity index (χ2v) is 5.16. The van der Waals surface area contributed by atoms with E-state index in [2.05, 4.69) is 15.6 Å². The van der Waals surface area contributed by atoms with Gasteiger partial charge in [0, 0.05) is 0 Å². The lowest BCUT2D eigenvalue weighted by Gasteiger charge is -2.04. The first kappa shape index (κ1) is 17.9. The first-order chi connectivity index (χ1) is 11.8. The molecule has 132 valence electrons. The number of phenols is 1. The van der Waals surface area contributed by atoms with Crippen LogP contribution in [0.25, 0.3) is 0 Å². The number of hydrazone groups is 1. The smallest absolute Gasteiger partial charge is 0.312 e. The number of phenolic OH excluding ortho intramolecular Hbond substituents is 1. The molecular weight excluding hydrogens is 330 g/mol. The van der Waals surface area contributed by atoms with Gasteiger partial charge < -0.3 is 9.84 Å². The predicted molar refractivity (Wildman–Crippen MR) is 88.8 cm³/mol. The van der Waals surface area contributed by atoms with Crippen molar-refractivity contribution in [1.82, 2.24) is 15.2 Å². The molecule has 0 radical (unpaired) electrons. The number of methoxy groups -OCH3 is 1. The molecular formula is C15H17N5O5. The standard InChI is InChI=1S/C15H17N5O5/c1-9-15(20(23)24)10(2)19(18-9)8-14(22)17-16-7-11-4-5-12(21)13(6-11)25-3/h4-7,21H,8H2,1-3H3,(H,17,22)/b16-7+. The third kappa shape index (κ3) is 4.10. The summed E-state index contributed by atoms with van der Waals surface area (Å²) in [6, 6.07) is 4.59. The van der Waals surface area contributed by atoms with Gasteiger partial charge in [-0.25, -0.2) is 5.43 Å². The predicted octanol–water partition coefficient (Wildman–Crippen LogP) is 1.27. The van der Waals surface area contributed by atoms with Crippen molar-refractivity contribution in [2.75, 3.05) is 7.11 Å². The van der Waals surface area contributed by atoms with Crippen LogP contribution in [0.15, 0.2) is 23.3 Å². The summed E-state index contributed by atoms with van der Waals surface area (Å²) in [6.07, 6.45) is 1.38. The van der Waals surface area contributed by atoms with Crippen LogP contribution in [0.2, 0.25) is 0 Å². The van der Waals surface area contributed by atoms with Gasteiger partial charge in [-0.05, 0) is 37.6 Å². The Morgan fingerprint density at radius 1 is 1.52 bits per heavy atom. The number of aromatic nitrogens is 2. The van der Waals surface area contributed by atoms with Crippen LogP contribution < -0.4 is 10.2 Å². The van der Waals surface area contributed by atoms with Crippen molar-refractivity contribution in [3.63, 3.8) is 0 Å². The molecule has 2 N–H and O–H groups in total. The lowest BCUT2D eigenvalue weighted by Crippen LogP contribution is -2.24. The Morgan fingerprint density at radius 3 is 2.84 bits per heavy atom. The number of nitrogens with one attached hydrogen (secondary N) is 1. The summed E-state index contributed by atoms with van der Waals surface area (Å²) in [5, 5.41) is 28.2. The topological polar surface area (TPSA) is 132 Å². The highest BCUT2D eigenvalue weighted by Crippen LogP contribution is 2.25. The molecule has 0 aliphatic heterocycles. The van der Waals surface area contributed by atoms with E-state index in [1.54, 1.807) is 12.1 Å². The summed E-state index contributed by atoms with van der Waals surface area (Å²) in [6.45, 7) is 2.84. The Labute approximate surface area is 142 Å². The SMILES string of the molecule is COc1cc(/C=N/NC(=O)Cn2nc(C)c([N+](=O)[O-])c2C)ccc1O. The summed E-state index contributed by atoms with van der Waals surface area (Å²) in [5.74, 6) is -0.206. The van der Waals surface area contributed by atoms with Crippen molar-refractivity contribution in [3.05, 3.63) is 45.3 Å². The molecule has 1 heterocycles. The first-order valence-corrected chi connectivity index (χ1v) is 7.20. The van der Waals surface area contributed by atoms with Crippen LogP contribution in [0, 0.1) is 24.0 Å². The van der Waals surface area contributed by atoms with Crippen LogP contribution in [0.1, 0.15) is 17.0 Å². The van der Waals surface area contributed by atoms with Gasteiger partial charge in [0.2, 0.25) is 0 Å². The van der Waals surface area contributed by atoms with Gasteiger partial charge in [0.25, 0.3) is 5.91 Å². The summed E-state index contributed by atoms with van der Waals surface area (Å²) < 4.78 is 6.22. The zero-order valence-electron chi connectivity index (χ0n) is 13.9. The number of aromatic hydroxyl groups is 1. The van der Waals surface area contributed by atoms with E-state index in [1.807, 2.05) is 0 Å². The third-order valence-corrected chi connectivity index (χ3v) is 3.43. The lowest BCUT2D eigenvalue weighted by molar-refractivity contribution is -0.386. The van der Waals surface area contributed by atoms with E-state index in [4.69, 9.17) is 4.74 Å². The van der Waals surface area contributed by atoms with Crippen molar-refractivity contribution >= 4 is 17.8 Å². The zero-order valence-corrected chi connectivity index (χ0v) is 13.9. The molecule has 25 heavy (non-hydrogen) atoms. The Balaban J connectivity index is 2.02. The molecule has 0 unspecified atom stereocenters. The minimum Gasteiger partial charge on any atom is -0.504 e. The quantitative estimate of drug-likeness (QED) is 0.459. The van der Waals surface area contributed by atoms with Gasteiger partial charge in [-0.1, -0.05) is 0 Å². The highest BCUT2D eigenvalue weighted by Gasteiger charge is 2.22. The van der Waals surface area contributed by atoms with E-state index in [-0.39, 0.29) is 29.4 Å². The fourth-order valence-electron chi connectivity index (χ4n) is 2.23. The van der Waals surface area contributed by atoms with Crippen molar-refractivity contribution in [2.24, 2.45) is 5.10 Å². The number of amides is 1. The average molecular weight is 347 g/mol. The van der Waals surface area contributed by atoms with Crippen LogP contribution in [-0.4, -0.2) is 39.0 Å². The number of carbonyl (C=O) groups is 1. The molecule has 0 bridgehead atoms. The lowest BCUT2D eigenvalue weighted by atomic mass is 10.2. The van der Waals surface area contributed by atoms with Gasteiger partial charge in [-0.2, -0.15) is 10.2 Å². The first-order valence-electron chi connectivity index (χ1n) is 7.20. The van der Waals surface area contributed by atoms with Crippen LogP contribution in [0.5, 0.6) is 11.5 Å². The molecule has 0 saturated carbocycles. The molecule has 2 rings (SSSR count). The molecule has 1 aromatic heterocycles. The summed E-state index contributed by atoms with van der Waals surface area (Å²) in [7, 11) is 1.42. The number of hydrogen-bond acceptors (Lipinski definition) is 7. The summed E-state index contributed by atoms with van der Waals surface area (Å²) in [5.41, 5.74) is 3.36. The van der Waals surface area contributed by atoms with Gasteiger partial charge in [0.15, 0.2) is 11.5 Å². The Hall–Kier alpha value is -3.43. The highest BCUT2D eigenvalue weighted by molar-refractivity contribution is 5.83. The molecule has 0 aliphatic carbocycles. The summed E-state index contributed by atoms with van der Waals surface area (Å²) >= 11 is 0. The van der Waals surface area contributed by atoms with Crippen LogP contribution in [0.3, 0.4) is 0 Å². The number of aryl methyl sites for hydroxylation is 1. The molecule has 1 aromatic carbocycles. The van der Waals surface area contributed by atoms with Crippen LogP contribution in [-0.2, 0) is 11.3 Å². The third-order valence-electron chi connectivity index (χ3n) is 3.43. The molecule has 10 nitrogen and oxygen atoms in total. The number of carbonyl (C=O) groups excluding carboxylic acids is 1. The molecule has 0 fully saturated rings. The zero-order chi connectivity index (χ0) is 18.6. The molecule has 0 saturated heterocycles. The molecule has 0 spiro atoms. The molecule has 0 aliphatic rings. The van der Waals surface area contributed by atoms with Gasteiger partial charge in [-0.15, -0.1) is 0 Å². The van der Waals surface area contributed by atoms with E-state index in [1.165, 1.54) is 37.9 Å². The maximum Gasteiger partial charge on any atom is 0.312 e. The summed E-state index contributed by atoms with van der Waals surface area (Å²) in [4.78, 5) is 22.3. The fraction of sp³-hybridized carbons (Fsp3) is 0.267. The molecule has 1 amide bonds. The number of benzene rings is 1. The number of rotatable bonds is 6. The Kier molecular flexibility index (Phi) is 5.32. The van der Waals surface area contributed by atoms with Gasteiger partial charge in [0.05, 0.1) is 18.2 Å².